The summed E-state index contributed by atoms with van der Waals surface area (Å²) >= 11 is 0. The number of hydrogen-bond acceptors (Lipinski definition) is 2. The van der Waals surface area contributed by atoms with Gasteiger partial charge >= 0.3 is 6.18 Å². The number of H-pyrrole nitrogens is 1. The van der Waals surface area contributed by atoms with Gasteiger partial charge in [-0.1, -0.05) is 42.3 Å². The molecule has 0 bridgehead atoms. The van der Waals surface area contributed by atoms with Gasteiger partial charge in [0.05, 0.1) is 5.56 Å². The molecule has 1 saturated heterocycles. The Bertz CT molecular complexity index is 1570. The number of alkyl halides is 3. The number of benzene rings is 3. The van der Waals surface area contributed by atoms with Gasteiger partial charge in [0.2, 0.25) is 0 Å². The summed E-state index contributed by atoms with van der Waals surface area (Å²) in [5.74, 6) is 0.216. The summed E-state index contributed by atoms with van der Waals surface area (Å²) in [4.78, 5) is 30.8. The number of rotatable bonds is 3. The van der Waals surface area contributed by atoms with Gasteiger partial charge in [0, 0.05) is 49.7 Å². The van der Waals surface area contributed by atoms with Gasteiger partial charge in [-0.3, -0.25) is 9.59 Å². The van der Waals surface area contributed by atoms with Crippen molar-refractivity contribution in [2.45, 2.75) is 65.1 Å². The first-order valence-electron chi connectivity index (χ1n) is 14.9. The van der Waals surface area contributed by atoms with E-state index in [1.807, 2.05) is 18.2 Å². The Balaban J connectivity index is 0.000000484. The molecule has 43 heavy (non-hydrogen) atoms. The van der Waals surface area contributed by atoms with E-state index in [0.717, 1.165) is 35.9 Å². The van der Waals surface area contributed by atoms with Crippen molar-refractivity contribution in [2.24, 2.45) is 5.92 Å². The van der Waals surface area contributed by atoms with E-state index in [1.54, 1.807) is 4.90 Å². The average Bonchev–Trinajstić information content (AvgIpc) is 3.35. The van der Waals surface area contributed by atoms with E-state index >= 15 is 0 Å². The Kier molecular flexibility index (Phi) is 8.95. The number of carbonyl (C=O) groups excluding carboxylic acids is 2. The van der Waals surface area contributed by atoms with Crippen LogP contribution < -0.4 is 5.32 Å². The van der Waals surface area contributed by atoms with Crippen LogP contribution in [0.3, 0.4) is 0 Å². The van der Waals surface area contributed by atoms with Crippen LogP contribution in [0.2, 0.25) is 0 Å². The lowest BCUT2D eigenvalue weighted by Crippen LogP contribution is -2.46. The largest absolute Gasteiger partial charge is 0.416 e. The smallest absolute Gasteiger partial charge is 0.358 e. The first-order valence-corrected chi connectivity index (χ1v) is 14.9. The van der Waals surface area contributed by atoms with Gasteiger partial charge in [-0.15, -0.1) is 0 Å². The highest BCUT2D eigenvalue weighted by Crippen LogP contribution is 2.32. The SMILES string of the molecule is CC1CCc2[nH]c3ccc(C(=O)NC4CCN(C(=O)c5ccc(C(F)(F)F)cc5)CC4)cc3c2C1.Cc1ccc(C)cc1.[HH].[HH]. The molecule has 230 valence electrons. The predicted octanol–water partition coefficient (Wildman–Crippen LogP) is 8.14. The van der Waals surface area contributed by atoms with Crippen LogP contribution in [-0.4, -0.2) is 40.8 Å². The van der Waals surface area contributed by atoms with E-state index in [1.165, 1.54) is 40.9 Å². The molecule has 0 saturated carbocycles. The molecule has 1 aliphatic carbocycles. The minimum absolute atomic E-state index is 0. The standard InChI is InChI=1S/C27H28F3N3O2.C8H10.2H2/c1-16-2-8-23-21(14-16)22-15-18(5-9-24(22)32-23)25(34)31-20-10-12-33(13-11-20)26(35)17-3-6-19(7-4-17)27(28,29)30;1-7-3-5-8(2)6-4-7;;/h3-7,9,15-16,20,32H,2,8,10-14H2,1H3,(H,31,34);3-6H,1-2H3;2*1H. The summed E-state index contributed by atoms with van der Waals surface area (Å²) in [7, 11) is 0. The van der Waals surface area contributed by atoms with Gasteiger partial charge in [0.15, 0.2) is 0 Å². The third-order valence-electron chi connectivity index (χ3n) is 8.49. The number of likely N-dealkylation sites (tertiary alicyclic amines) is 1. The quantitative estimate of drug-likeness (QED) is 0.252. The highest BCUT2D eigenvalue weighted by Gasteiger charge is 2.31. The average molecular weight is 594 g/mol. The zero-order valence-electron chi connectivity index (χ0n) is 24.9. The Hall–Kier alpha value is -4.07. The minimum Gasteiger partial charge on any atom is -0.358 e. The molecule has 0 spiro atoms. The number of amides is 2. The van der Waals surface area contributed by atoms with Crippen molar-refractivity contribution < 1.29 is 25.6 Å². The van der Waals surface area contributed by atoms with Crippen molar-refractivity contribution in [2.75, 3.05) is 13.1 Å². The van der Waals surface area contributed by atoms with Crippen molar-refractivity contribution in [1.29, 1.82) is 0 Å². The number of halogens is 3. The molecule has 3 aromatic carbocycles. The van der Waals surface area contributed by atoms with Crippen LogP contribution in [0.15, 0.2) is 66.7 Å². The molecule has 2 amide bonds. The van der Waals surface area contributed by atoms with Gasteiger partial charge in [0.25, 0.3) is 11.8 Å². The number of aromatic amines is 1. The number of piperidine rings is 1. The summed E-state index contributed by atoms with van der Waals surface area (Å²) in [5.41, 5.74) is 6.41. The third-order valence-corrected chi connectivity index (χ3v) is 8.49. The first-order chi connectivity index (χ1) is 20.5. The van der Waals surface area contributed by atoms with E-state index < -0.39 is 11.7 Å². The van der Waals surface area contributed by atoms with Crippen LogP contribution in [0.1, 0.15) is 77.7 Å². The molecule has 6 rings (SSSR count). The molecule has 1 atom stereocenters. The molecule has 4 aromatic rings. The number of hydrogen-bond donors (Lipinski definition) is 2. The van der Waals surface area contributed by atoms with Gasteiger partial charge < -0.3 is 15.2 Å². The number of aromatic nitrogens is 1. The maximum absolute atomic E-state index is 13.0. The summed E-state index contributed by atoms with van der Waals surface area (Å²) in [6.45, 7) is 7.33. The lowest BCUT2D eigenvalue weighted by atomic mass is 9.87. The van der Waals surface area contributed by atoms with Crippen molar-refractivity contribution >= 4 is 22.7 Å². The molecule has 1 unspecified atom stereocenters. The molecule has 0 radical (unpaired) electrons. The van der Waals surface area contributed by atoms with E-state index in [2.05, 4.69) is 55.3 Å². The van der Waals surface area contributed by atoms with Crippen molar-refractivity contribution in [1.82, 2.24) is 15.2 Å². The summed E-state index contributed by atoms with van der Waals surface area (Å²) in [6.07, 6.45) is -0.00801. The number of carbonyl (C=O) groups is 2. The molecule has 2 aliphatic rings. The maximum atomic E-state index is 13.0. The zero-order valence-corrected chi connectivity index (χ0v) is 24.9. The predicted molar refractivity (Wildman–Crippen MR) is 167 cm³/mol. The van der Waals surface area contributed by atoms with Crippen molar-refractivity contribution in [3.05, 3.63) is 106 Å². The fraction of sp³-hybridized carbons (Fsp3) is 0.371. The second-order valence-corrected chi connectivity index (χ2v) is 12.0. The molecule has 2 N–H and O–H groups in total. The van der Waals surface area contributed by atoms with Crippen LogP contribution in [0.5, 0.6) is 0 Å². The molecule has 1 aliphatic heterocycles. The molecule has 2 heterocycles. The van der Waals surface area contributed by atoms with Gasteiger partial charge in [-0.05, 0) is 99.9 Å². The number of nitrogens with one attached hydrogen (secondary N) is 2. The summed E-state index contributed by atoms with van der Waals surface area (Å²) in [6, 6.07) is 18.5. The summed E-state index contributed by atoms with van der Waals surface area (Å²) < 4.78 is 38.3. The fourth-order valence-corrected chi connectivity index (χ4v) is 5.85. The number of nitrogens with zero attached hydrogens (tertiary/aromatic N) is 1. The van der Waals surface area contributed by atoms with E-state index in [0.29, 0.717) is 37.4 Å². The number of fused-ring (bicyclic) bond motifs is 3. The van der Waals surface area contributed by atoms with Gasteiger partial charge in [-0.25, -0.2) is 0 Å². The van der Waals surface area contributed by atoms with Crippen LogP contribution in [0.4, 0.5) is 13.2 Å². The Labute approximate surface area is 253 Å². The molecule has 8 heteroatoms. The normalized spacial score (nSPS) is 17.2. The Morgan fingerprint density at radius 2 is 1.49 bits per heavy atom. The molecule has 5 nitrogen and oxygen atoms in total. The molecule has 1 aromatic heterocycles. The van der Waals surface area contributed by atoms with E-state index in [4.69, 9.17) is 0 Å². The van der Waals surface area contributed by atoms with Crippen LogP contribution in [0.25, 0.3) is 10.9 Å². The monoisotopic (exact) mass is 593 g/mol. The second-order valence-electron chi connectivity index (χ2n) is 12.0. The van der Waals surface area contributed by atoms with Crippen LogP contribution in [-0.2, 0) is 19.0 Å². The topological polar surface area (TPSA) is 65.2 Å². The van der Waals surface area contributed by atoms with E-state index in [-0.39, 0.29) is 26.3 Å². The van der Waals surface area contributed by atoms with Crippen LogP contribution in [0, 0.1) is 19.8 Å². The first kappa shape index (κ1) is 30.4. The zero-order chi connectivity index (χ0) is 30.7. The number of aryl methyl sites for hydroxylation is 3. The summed E-state index contributed by atoms with van der Waals surface area (Å²) in [5, 5.41) is 4.21. The second kappa shape index (κ2) is 12.7. The Morgan fingerprint density at radius 1 is 0.884 bits per heavy atom. The highest BCUT2D eigenvalue weighted by atomic mass is 19.4. The lowest BCUT2D eigenvalue weighted by molar-refractivity contribution is -0.137. The van der Waals surface area contributed by atoms with E-state index in [9.17, 15) is 22.8 Å². The van der Waals surface area contributed by atoms with Crippen LogP contribution >= 0.6 is 0 Å². The fourth-order valence-electron chi connectivity index (χ4n) is 5.85. The maximum Gasteiger partial charge on any atom is 0.416 e. The molecular formula is C35H42F3N3O2. The lowest BCUT2D eigenvalue weighted by Gasteiger charge is -2.32. The third kappa shape index (κ3) is 7.29. The van der Waals surface area contributed by atoms with Gasteiger partial charge in [-0.2, -0.15) is 13.2 Å². The van der Waals surface area contributed by atoms with Crippen molar-refractivity contribution in [3.63, 3.8) is 0 Å². The minimum atomic E-state index is -4.43. The highest BCUT2D eigenvalue weighted by molar-refractivity contribution is 5.99. The Morgan fingerprint density at radius 3 is 2.09 bits per heavy atom. The van der Waals surface area contributed by atoms with Crippen molar-refractivity contribution in [3.8, 4) is 0 Å². The molecule has 1 fully saturated rings. The van der Waals surface area contributed by atoms with Gasteiger partial charge in [0.1, 0.15) is 0 Å². The molecular weight excluding hydrogens is 551 g/mol.